The van der Waals surface area contributed by atoms with Crippen LogP contribution in [0.2, 0.25) is 0 Å². The number of hydrogen-bond donors (Lipinski definition) is 0. The van der Waals surface area contributed by atoms with Gasteiger partial charge in [0.05, 0.1) is 13.2 Å². The molecule has 0 amide bonds. The number of ether oxygens (including phenoxy) is 2. The fourth-order valence-electron chi connectivity index (χ4n) is 1.47. The van der Waals surface area contributed by atoms with Gasteiger partial charge in [-0.1, -0.05) is 30.3 Å². The van der Waals surface area contributed by atoms with Gasteiger partial charge in [0.25, 0.3) is 0 Å². The molecule has 0 saturated carbocycles. The largest absolute Gasteiger partial charge is 0.463 e. The molecule has 0 bridgehead atoms. The van der Waals surface area contributed by atoms with E-state index in [-0.39, 0.29) is 6.61 Å². The molecule has 0 aliphatic carbocycles. The Morgan fingerprint density at radius 1 is 1.05 bits per heavy atom. The average Bonchev–Trinajstić information content (AvgIpc) is 2.43. The topological polar surface area (TPSA) is 52.6 Å². The third-order valence-electron chi connectivity index (χ3n) is 2.34. The van der Waals surface area contributed by atoms with Crippen LogP contribution in [0.5, 0.6) is 0 Å². The summed E-state index contributed by atoms with van der Waals surface area (Å²) in [7, 11) is 0. The lowest BCUT2D eigenvalue weighted by Gasteiger charge is -2.02. The van der Waals surface area contributed by atoms with Crippen LogP contribution in [-0.4, -0.2) is 25.2 Å². The molecular formula is C15H18O4. The molecule has 0 spiro atoms. The second-order valence-electron chi connectivity index (χ2n) is 3.84. The highest BCUT2D eigenvalue weighted by molar-refractivity contribution is 5.91. The van der Waals surface area contributed by atoms with Crippen LogP contribution in [0, 0.1) is 0 Å². The maximum Gasteiger partial charge on any atom is 0.331 e. The molecule has 19 heavy (non-hydrogen) atoms. The van der Waals surface area contributed by atoms with Crippen LogP contribution in [0.3, 0.4) is 0 Å². The number of benzene rings is 1. The molecule has 4 heteroatoms. The highest BCUT2D eigenvalue weighted by Gasteiger charge is 2.00. The van der Waals surface area contributed by atoms with Gasteiger partial charge in [0.15, 0.2) is 0 Å². The van der Waals surface area contributed by atoms with Crippen molar-refractivity contribution in [2.24, 2.45) is 0 Å². The van der Waals surface area contributed by atoms with Crippen molar-refractivity contribution in [2.75, 3.05) is 13.2 Å². The number of aryl methyl sites for hydroxylation is 1. The first-order valence-electron chi connectivity index (χ1n) is 6.28. The molecule has 0 heterocycles. The van der Waals surface area contributed by atoms with E-state index in [0.717, 1.165) is 25.0 Å². The van der Waals surface area contributed by atoms with Crippen molar-refractivity contribution < 1.29 is 19.1 Å². The molecule has 0 N–H and O–H groups in total. The normalized spacial score (nSPS) is 10.4. The minimum Gasteiger partial charge on any atom is -0.463 e. The van der Waals surface area contributed by atoms with Crippen molar-refractivity contribution >= 4 is 11.9 Å². The molecule has 1 aromatic carbocycles. The first kappa shape index (κ1) is 15.0. The van der Waals surface area contributed by atoms with E-state index >= 15 is 0 Å². The quantitative estimate of drug-likeness (QED) is 0.430. The number of hydrogen-bond acceptors (Lipinski definition) is 4. The van der Waals surface area contributed by atoms with E-state index in [9.17, 15) is 9.59 Å². The molecule has 0 saturated heterocycles. The zero-order valence-electron chi connectivity index (χ0n) is 11.0. The molecule has 4 nitrogen and oxygen atoms in total. The first-order valence-corrected chi connectivity index (χ1v) is 6.28. The van der Waals surface area contributed by atoms with Crippen LogP contribution < -0.4 is 0 Å². The monoisotopic (exact) mass is 262 g/mol. The lowest BCUT2D eigenvalue weighted by Crippen LogP contribution is -2.05. The van der Waals surface area contributed by atoms with E-state index < -0.39 is 11.9 Å². The van der Waals surface area contributed by atoms with Gasteiger partial charge in [0.2, 0.25) is 0 Å². The van der Waals surface area contributed by atoms with E-state index in [0.29, 0.717) is 6.61 Å². The minimum atomic E-state index is -0.538. The summed E-state index contributed by atoms with van der Waals surface area (Å²) in [5, 5.41) is 0. The van der Waals surface area contributed by atoms with Crippen LogP contribution >= 0.6 is 0 Å². The van der Waals surface area contributed by atoms with Crippen LogP contribution in [-0.2, 0) is 25.5 Å². The number of rotatable bonds is 7. The van der Waals surface area contributed by atoms with Gasteiger partial charge in [0, 0.05) is 12.2 Å². The molecular weight excluding hydrogens is 244 g/mol. The van der Waals surface area contributed by atoms with Crippen molar-refractivity contribution in [3.8, 4) is 0 Å². The Labute approximate surface area is 113 Å². The predicted octanol–water partition coefficient (Wildman–Crippen LogP) is 2.28. The van der Waals surface area contributed by atoms with E-state index in [1.54, 1.807) is 6.92 Å². The number of esters is 2. The highest BCUT2D eigenvalue weighted by atomic mass is 16.5. The lowest BCUT2D eigenvalue weighted by molar-refractivity contribution is -0.140. The van der Waals surface area contributed by atoms with Crippen LogP contribution in [0.15, 0.2) is 42.5 Å². The summed E-state index contributed by atoms with van der Waals surface area (Å²) in [6.07, 6.45) is 3.77. The molecule has 0 unspecified atom stereocenters. The molecule has 1 aromatic rings. The molecule has 0 radical (unpaired) electrons. The number of carbonyl (C=O) groups excluding carboxylic acids is 2. The maximum atomic E-state index is 11.2. The van der Waals surface area contributed by atoms with E-state index in [1.807, 2.05) is 30.3 Å². The van der Waals surface area contributed by atoms with E-state index in [2.05, 4.69) is 4.74 Å². The standard InChI is InChI=1S/C15H18O4/c1-2-18-14(16)10-11-15(17)19-12-6-9-13-7-4-3-5-8-13/h3-5,7-8,10-11H,2,6,9,12H2,1H3/b11-10+. The zero-order chi connectivity index (χ0) is 13.9. The molecule has 102 valence electrons. The van der Waals surface area contributed by atoms with Crippen LogP contribution in [0.25, 0.3) is 0 Å². The van der Waals surface area contributed by atoms with Gasteiger partial charge in [-0.25, -0.2) is 9.59 Å². The average molecular weight is 262 g/mol. The van der Waals surface area contributed by atoms with Crippen molar-refractivity contribution in [3.05, 3.63) is 48.0 Å². The molecule has 0 aliphatic heterocycles. The van der Waals surface area contributed by atoms with E-state index in [4.69, 9.17) is 4.74 Å². The summed E-state index contributed by atoms with van der Waals surface area (Å²) < 4.78 is 9.60. The summed E-state index contributed by atoms with van der Waals surface area (Å²) in [5.41, 5.74) is 1.21. The fraction of sp³-hybridized carbons (Fsp3) is 0.333. The Morgan fingerprint density at radius 2 is 1.68 bits per heavy atom. The third kappa shape index (κ3) is 7.03. The zero-order valence-corrected chi connectivity index (χ0v) is 11.0. The van der Waals surface area contributed by atoms with Gasteiger partial charge in [-0.3, -0.25) is 0 Å². The van der Waals surface area contributed by atoms with Gasteiger partial charge >= 0.3 is 11.9 Å². The van der Waals surface area contributed by atoms with Gasteiger partial charge < -0.3 is 9.47 Å². The number of carbonyl (C=O) groups is 2. The van der Waals surface area contributed by atoms with Crippen LogP contribution in [0.4, 0.5) is 0 Å². The summed E-state index contributed by atoms with van der Waals surface area (Å²) >= 11 is 0. The maximum absolute atomic E-state index is 11.2. The Morgan fingerprint density at radius 3 is 2.32 bits per heavy atom. The van der Waals surface area contributed by atoms with Crippen molar-refractivity contribution in [3.63, 3.8) is 0 Å². The summed E-state index contributed by atoms with van der Waals surface area (Å²) in [6.45, 7) is 2.32. The summed E-state index contributed by atoms with van der Waals surface area (Å²) in [6, 6.07) is 9.97. The highest BCUT2D eigenvalue weighted by Crippen LogP contribution is 2.02. The summed E-state index contributed by atoms with van der Waals surface area (Å²) in [5.74, 6) is -1.06. The smallest absolute Gasteiger partial charge is 0.331 e. The lowest BCUT2D eigenvalue weighted by atomic mass is 10.1. The first-order chi connectivity index (χ1) is 9.22. The summed E-state index contributed by atoms with van der Waals surface area (Å²) in [4.78, 5) is 22.2. The molecule has 0 fully saturated rings. The predicted molar refractivity (Wildman–Crippen MR) is 71.5 cm³/mol. The Balaban J connectivity index is 2.15. The van der Waals surface area contributed by atoms with Crippen molar-refractivity contribution in [1.82, 2.24) is 0 Å². The molecule has 0 aliphatic rings. The Hall–Kier alpha value is -2.10. The fourth-order valence-corrected chi connectivity index (χ4v) is 1.47. The Kier molecular flexibility index (Phi) is 7.02. The molecule has 0 aromatic heterocycles. The van der Waals surface area contributed by atoms with Gasteiger partial charge in [-0.15, -0.1) is 0 Å². The van der Waals surface area contributed by atoms with Crippen molar-refractivity contribution in [1.29, 1.82) is 0 Å². The van der Waals surface area contributed by atoms with Gasteiger partial charge in [-0.2, -0.15) is 0 Å². The minimum absolute atomic E-state index is 0.287. The van der Waals surface area contributed by atoms with E-state index in [1.165, 1.54) is 5.56 Å². The van der Waals surface area contributed by atoms with Crippen molar-refractivity contribution in [2.45, 2.75) is 19.8 Å². The van der Waals surface area contributed by atoms with Gasteiger partial charge in [-0.05, 0) is 25.3 Å². The second-order valence-corrected chi connectivity index (χ2v) is 3.84. The molecule has 1 rings (SSSR count). The Bertz CT molecular complexity index is 423. The SMILES string of the molecule is CCOC(=O)/C=C/C(=O)OCCCc1ccccc1. The second kappa shape index (κ2) is 8.91. The third-order valence-corrected chi connectivity index (χ3v) is 2.34. The van der Waals surface area contributed by atoms with Crippen LogP contribution in [0.1, 0.15) is 18.9 Å². The molecule has 0 atom stereocenters. The van der Waals surface area contributed by atoms with Gasteiger partial charge in [0.1, 0.15) is 0 Å².